The summed E-state index contributed by atoms with van der Waals surface area (Å²) in [5, 5.41) is 10.0. The molecule has 0 unspecified atom stereocenters. The number of rotatable bonds is 7. The van der Waals surface area contributed by atoms with E-state index in [9.17, 15) is 5.11 Å². The molecule has 0 heterocycles. The van der Waals surface area contributed by atoms with Crippen molar-refractivity contribution in [1.29, 1.82) is 0 Å². The van der Waals surface area contributed by atoms with Gasteiger partial charge in [-0.25, -0.2) is 5.11 Å². The molecule has 0 atom stereocenters. The SMILES string of the molecule is CCSCCCCCC[O]. The van der Waals surface area contributed by atoms with Crippen LogP contribution in [0.15, 0.2) is 0 Å². The summed E-state index contributed by atoms with van der Waals surface area (Å²) in [5.74, 6) is 2.50. The van der Waals surface area contributed by atoms with E-state index in [0.29, 0.717) is 0 Å². The monoisotopic (exact) mass is 161 g/mol. The van der Waals surface area contributed by atoms with Gasteiger partial charge in [-0.05, 0) is 24.3 Å². The number of thioether (sulfide) groups is 1. The highest BCUT2D eigenvalue weighted by molar-refractivity contribution is 7.99. The van der Waals surface area contributed by atoms with E-state index in [2.05, 4.69) is 6.92 Å². The van der Waals surface area contributed by atoms with Gasteiger partial charge < -0.3 is 0 Å². The summed E-state index contributed by atoms with van der Waals surface area (Å²) in [6, 6.07) is 0. The molecule has 0 fully saturated rings. The third-order valence-electron chi connectivity index (χ3n) is 1.39. The molecule has 2 heteroatoms. The lowest BCUT2D eigenvalue weighted by Crippen LogP contribution is -1.84. The van der Waals surface area contributed by atoms with E-state index >= 15 is 0 Å². The predicted octanol–water partition coefficient (Wildman–Crippen LogP) is 2.73. The van der Waals surface area contributed by atoms with Gasteiger partial charge in [-0.3, -0.25) is 0 Å². The molecule has 0 aromatic heterocycles. The second kappa shape index (κ2) is 9.31. The maximum Gasteiger partial charge on any atom is 0.0822 e. The van der Waals surface area contributed by atoms with Gasteiger partial charge in [-0.1, -0.05) is 19.8 Å². The van der Waals surface area contributed by atoms with Gasteiger partial charge in [0.1, 0.15) is 0 Å². The van der Waals surface area contributed by atoms with E-state index in [4.69, 9.17) is 0 Å². The van der Waals surface area contributed by atoms with Crippen LogP contribution in [0.1, 0.15) is 32.6 Å². The molecule has 0 saturated carbocycles. The maximum atomic E-state index is 10.0. The Morgan fingerprint density at radius 2 is 1.80 bits per heavy atom. The first kappa shape index (κ1) is 10.3. The largest absolute Gasteiger partial charge is 0.237 e. The van der Waals surface area contributed by atoms with Gasteiger partial charge in [-0.2, -0.15) is 11.8 Å². The predicted molar refractivity (Wildman–Crippen MR) is 47.0 cm³/mol. The van der Waals surface area contributed by atoms with Crippen molar-refractivity contribution in [3.05, 3.63) is 0 Å². The fourth-order valence-corrected chi connectivity index (χ4v) is 1.50. The second-order valence-electron chi connectivity index (χ2n) is 2.32. The summed E-state index contributed by atoms with van der Waals surface area (Å²) in [7, 11) is 0. The standard InChI is InChI=1S/C8H17OS/c1-2-10-8-6-4-3-5-7-9/h2-8H2,1H3. The number of hydrogen-bond donors (Lipinski definition) is 0. The van der Waals surface area contributed by atoms with Gasteiger partial charge in [0.15, 0.2) is 0 Å². The Morgan fingerprint density at radius 3 is 2.40 bits per heavy atom. The van der Waals surface area contributed by atoms with Crippen LogP contribution >= 0.6 is 11.8 Å². The summed E-state index contributed by atoms with van der Waals surface area (Å²) in [4.78, 5) is 0. The Kier molecular flexibility index (Phi) is 9.60. The molecule has 0 aliphatic heterocycles. The molecule has 61 valence electrons. The van der Waals surface area contributed by atoms with E-state index in [0.717, 1.165) is 12.8 Å². The molecule has 1 radical (unpaired) electrons. The smallest absolute Gasteiger partial charge is 0.0822 e. The summed E-state index contributed by atoms with van der Waals surface area (Å²) < 4.78 is 0. The number of unbranched alkanes of at least 4 members (excludes halogenated alkanes) is 3. The molecule has 0 rings (SSSR count). The molecule has 0 saturated heterocycles. The molecule has 0 aliphatic carbocycles. The van der Waals surface area contributed by atoms with Crippen molar-refractivity contribution in [2.75, 3.05) is 18.1 Å². The molecule has 1 nitrogen and oxygen atoms in total. The molecule has 0 aromatic carbocycles. The van der Waals surface area contributed by atoms with Crippen molar-refractivity contribution in [3.8, 4) is 0 Å². The molecule has 0 N–H and O–H groups in total. The topological polar surface area (TPSA) is 19.9 Å². The summed E-state index contributed by atoms with van der Waals surface area (Å²) in [6.45, 7) is 2.29. The second-order valence-corrected chi connectivity index (χ2v) is 3.71. The minimum atomic E-state index is 0.112. The normalized spacial score (nSPS) is 10.2. The Morgan fingerprint density at radius 1 is 1.10 bits per heavy atom. The lowest BCUT2D eigenvalue weighted by Gasteiger charge is -1.97. The molecule has 0 amide bonds. The van der Waals surface area contributed by atoms with Crippen LogP contribution in [-0.2, 0) is 5.11 Å². The maximum absolute atomic E-state index is 10.0. The quantitative estimate of drug-likeness (QED) is 0.526. The highest BCUT2D eigenvalue weighted by Crippen LogP contribution is 2.06. The first-order valence-corrected chi connectivity index (χ1v) is 5.23. The van der Waals surface area contributed by atoms with E-state index in [-0.39, 0.29) is 6.61 Å². The van der Waals surface area contributed by atoms with Crippen molar-refractivity contribution in [2.24, 2.45) is 0 Å². The molecule has 0 bridgehead atoms. The number of hydrogen-bond acceptors (Lipinski definition) is 1. The third kappa shape index (κ3) is 8.31. The molecular weight excluding hydrogens is 144 g/mol. The van der Waals surface area contributed by atoms with Crippen LogP contribution < -0.4 is 0 Å². The Balaban J connectivity index is 2.65. The first-order valence-electron chi connectivity index (χ1n) is 4.07. The molecular formula is C8H17OS. The zero-order valence-corrected chi connectivity index (χ0v) is 7.58. The molecule has 0 spiro atoms. The fraction of sp³-hybridized carbons (Fsp3) is 1.00. The van der Waals surface area contributed by atoms with Gasteiger partial charge in [0.05, 0.1) is 6.61 Å². The highest BCUT2D eigenvalue weighted by atomic mass is 32.2. The Labute approximate surface area is 68.2 Å². The molecule has 10 heavy (non-hydrogen) atoms. The molecule has 0 aromatic rings. The van der Waals surface area contributed by atoms with Crippen molar-refractivity contribution in [2.45, 2.75) is 32.6 Å². The Hall–Kier alpha value is 0.310. The van der Waals surface area contributed by atoms with Crippen LogP contribution in [0.3, 0.4) is 0 Å². The van der Waals surface area contributed by atoms with Crippen molar-refractivity contribution < 1.29 is 5.11 Å². The third-order valence-corrected chi connectivity index (χ3v) is 2.37. The average Bonchev–Trinajstić information content (AvgIpc) is 1.97. The van der Waals surface area contributed by atoms with E-state index in [1.165, 1.54) is 24.3 Å². The van der Waals surface area contributed by atoms with Gasteiger partial charge >= 0.3 is 0 Å². The van der Waals surface area contributed by atoms with Crippen LogP contribution in [0.4, 0.5) is 0 Å². The fourth-order valence-electron chi connectivity index (χ4n) is 0.804. The zero-order valence-electron chi connectivity index (χ0n) is 6.77. The van der Waals surface area contributed by atoms with E-state index < -0.39 is 0 Å². The van der Waals surface area contributed by atoms with Crippen molar-refractivity contribution >= 4 is 11.8 Å². The average molecular weight is 161 g/mol. The highest BCUT2D eigenvalue weighted by Gasteiger charge is 1.88. The van der Waals surface area contributed by atoms with Gasteiger partial charge in [0, 0.05) is 0 Å². The summed E-state index contributed by atoms with van der Waals surface area (Å²) in [6.07, 6.45) is 4.54. The van der Waals surface area contributed by atoms with Gasteiger partial charge in [0.25, 0.3) is 0 Å². The van der Waals surface area contributed by atoms with Gasteiger partial charge in [-0.15, -0.1) is 0 Å². The minimum Gasteiger partial charge on any atom is -0.237 e. The first-order chi connectivity index (χ1) is 4.91. The summed E-state index contributed by atoms with van der Waals surface area (Å²) >= 11 is 1.99. The lowest BCUT2D eigenvalue weighted by molar-refractivity contribution is 0.186. The van der Waals surface area contributed by atoms with Crippen molar-refractivity contribution in [3.63, 3.8) is 0 Å². The lowest BCUT2D eigenvalue weighted by atomic mass is 10.2. The van der Waals surface area contributed by atoms with Crippen LogP contribution in [0, 0.1) is 0 Å². The van der Waals surface area contributed by atoms with Crippen molar-refractivity contribution in [1.82, 2.24) is 0 Å². The van der Waals surface area contributed by atoms with Crippen LogP contribution in [0.5, 0.6) is 0 Å². The summed E-state index contributed by atoms with van der Waals surface area (Å²) in [5.41, 5.74) is 0. The van der Waals surface area contributed by atoms with Crippen LogP contribution in [-0.4, -0.2) is 18.1 Å². The zero-order chi connectivity index (χ0) is 7.66. The van der Waals surface area contributed by atoms with Crippen LogP contribution in [0.25, 0.3) is 0 Å². The minimum absolute atomic E-state index is 0.112. The van der Waals surface area contributed by atoms with Gasteiger partial charge in [0.2, 0.25) is 0 Å². The van der Waals surface area contributed by atoms with E-state index in [1.807, 2.05) is 11.8 Å². The molecule has 0 aliphatic rings. The van der Waals surface area contributed by atoms with Crippen LogP contribution in [0.2, 0.25) is 0 Å². The Bertz CT molecular complexity index is 49.2. The van der Waals surface area contributed by atoms with E-state index in [1.54, 1.807) is 0 Å².